The van der Waals surface area contributed by atoms with Gasteiger partial charge >= 0.3 is 0 Å². The van der Waals surface area contributed by atoms with E-state index in [2.05, 4.69) is 30.9 Å². The number of nitrogens with zero attached hydrogens (tertiary/aromatic N) is 3. The number of hydrogen-bond acceptors (Lipinski definition) is 4. The van der Waals surface area contributed by atoms with E-state index in [1.807, 2.05) is 54.6 Å². The van der Waals surface area contributed by atoms with E-state index in [9.17, 15) is 0 Å². The molecule has 2 aromatic heterocycles. The maximum atomic E-state index is 6.43. The van der Waals surface area contributed by atoms with Crippen LogP contribution in [-0.2, 0) is 0 Å². The van der Waals surface area contributed by atoms with Gasteiger partial charge < -0.3 is 5.73 Å². The average molecular weight is 412 g/mol. The SMILES string of the molecule is Nc1nc(-c2ccccc2)c(-c2cc(Cl)c3ncccc3c2)nc1Br. The summed E-state index contributed by atoms with van der Waals surface area (Å²) in [5.41, 5.74) is 9.94. The fraction of sp³-hybridized carbons (Fsp3) is 0. The molecule has 122 valence electrons. The summed E-state index contributed by atoms with van der Waals surface area (Å²) in [5.74, 6) is 0.344. The molecule has 0 unspecified atom stereocenters. The van der Waals surface area contributed by atoms with Crippen molar-refractivity contribution >= 4 is 44.3 Å². The second kappa shape index (κ2) is 6.43. The number of benzene rings is 2. The summed E-state index contributed by atoms with van der Waals surface area (Å²) in [6.07, 6.45) is 1.73. The molecule has 0 aliphatic carbocycles. The number of aromatic nitrogens is 3. The van der Waals surface area contributed by atoms with Crippen LogP contribution in [0.25, 0.3) is 33.4 Å². The van der Waals surface area contributed by atoms with Gasteiger partial charge in [-0.25, -0.2) is 9.97 Å². The van der Waals surface area contributed by atoms with Gasteiger partial charge in [0.25, 0.3) is 0 Å². The first kappa shape index (κ1) is 16.0. The summed E-state index contributed by atoms with van der Waals surface area (Å²) in [6, 6.07) is 17.5. The zero-order valence-electron chi connectivity index (χ0n) is 12.9. The molecular weight excluding hydrogens is 400 g/mol. The normalized spacial score (nSPS) is 11.0. The van der Waals surface area contributed by atoms with Crippen LogP contribution >= 0.6 is 27.5 Å². The molecule has 0 atom stereocenters. The first-order valence-electron chi connectivity index (χ1n) is 7.56. The fourth-order valence-corrected chi connectivity index (χ4v) is 3.25. The highest BCUT2D eigenvalue weighted by Gasteiger charge is 2.16. The van der Waals surface area contributed by atoms with E-state index < -0.39 is 0 Å². The molecule has 4 rings (SSSR count). The molecule has 4 nitrogen and oxygen atoms in total. The van der Waals surface area contributed by atoms with E-state index in [0.717, 1.165) is 22.0 Å². The molecule has 0 amide bonds. The van der Waals surface area contributed by atoms with Crippen LogP contribution in [0, 0.1) is 0 Å². The number of nitrogens with two attached hydrogens (primary N) is 1. The number of rotatable bonds is 2. The number of halogens is 2. The quantitative estimate of drug-likeness (QED) is 0.482. The van der Waals surface area contributed by atoms with E-state index >= 15 is 0 Å². The third kappa shape index (κ3) is 2.97. The number of nitrogen functional groups attached to an aromatic ring is 1. The van der Waals surface area contributed by atoms with Crippen LogP contribution in [0.4, 0.5) is 5.82 Å². The topological polar surface area (TPSA) is 64.7 Å². The summed E-state index contributed by atoms with van der Waals surface area (Å²) >= 11 is 9.81. The lowest BCUT2D eigenvalue weighted by Gasteiger charge is -2.12. The largest absolute Gasteiger partial charge is 0.381 e. The molecule has 25 heavy (non-hydrogen) atoms. The number of pyridine rings is 1. The minimum Gasteiger partial charge on any atom is -0.381 e. The first-order chi connectivity index (χ1) is 12.1. The Hall–Kier alpha value is -2.50. The van der Waals surface area contributed by atoms with Crippen molar-refractivity contribution in [2.45, 2.75) is 0 Å². The van der Waals surface area contributed by atoms with Crippen LogP contribution in [0.15, 0.2) is 65.4 Å². The Morgan fingerprint density at radius 1 is 0.880 bits per heavy atom. The van der Waals surface area contributed by atoms with Gasteiger partial charge in [0, 0.05) is 22.7 Å². The molecular formula is C19H12BrClN4. The summed E-state index contributed by atoms with van der Waals surface area (Å²) in [4.78, 5) is 13.5. The predicted molar refractivity (Wildman–Crippen MR) is 105 cm³/mol. The molecule has 0 saturated heterocycles. The van der Waals surface area contributed by atoms with Crippen molar-refractivity contribution in [1.82, 2.24) is 15.0 Å². The van der Waals surface area contributed by atoms with Crippen molar-refractivity contribution < 1.29 is 0 Å². The minimum absolute atomic E-state index is 0.344. The Kier molecular flexibility index (Phi) is 4.11. The number of hydrogen-bond donors (Lipinski definition) is 1. The van der Waals surface area contributed by atoms with Gasteiger partial charge in [-0.1, -0.05) is 48.0 Å². The smallest absolute Gasteiger partial charge is 0.157 e. The first-order valence-corrected chi connectivity index (χ1v) is 8.73. The Labute approximate surface area is 157 Å². The summed E-state index contributed by atoms with van der Waals surface area (Å²) in [6.45, 7) is 0. The molecule has 0 aliphatic heterocycles. The molecule has 2 N–H and O–H groups in total. The number of fused-ring (bicyclic) bond motifs is 1. The zero-order chi connectivity index (χ0) is 17.4. The van der Waals surface area contributed by atoms with E-state index in [1.54, 1.807) is 6.20 Å². The highest BCUT2D eigenvalue weighted by atomic mass is 79.9. The molecule has 0 aliphatic rings. The van der Waals surface area contributed by atoms with Crippen molar-refractivity contribution in [2.24, 2.45) is 0 Å². The van der Waals surface area contributed by atoms with Crippen LogP contribution in [-0.4, -0.2) is 15.0 Å². The van der Waals surface area contributed by atoms with Gasteiger partial charge in [0.05, 0.1) is 21.9 Å². The summed E-state index contributed by atoms with van der Waals surface area (Å²) in [7, 11) is 0. The van der Waals surface area contributed by atoms with E-state index in [-0.39, 0.29) is 0 Å². The van der Waals surface area contributed by atoms with Crippen LogP contribution in [0.1, 0.15) is 0 Å². The third-order valence-corrected chi connectivity index (χ3v) is 4.73. The third-order valence-electron chi connectivity index (χ3n) is 3.86. The lowest BCUT2D eigenvalue weighted by atomic mass is 10.0. The number of anilines is 1. The van der Waals surface area contributed by atoms with Gasteiger partial charge in [0.2, 0.25) is 0 Å². The monoisotopic (exact) mass is 410 g/mol. The van der Waals surface area contributed by atoms with Crippen molar-refractivity contribution in [2.75, 3.05) is 5.73 Å². The van der Waals surface area contributed by atoms with Gasteiger partial charge in [-0.3, -0.25) is 4.98 Å². The molecule has 4 aromatic rings. The second-order valence-corrected chi connectivity index (χ2v) is 6.65. The van der Waals surface area contributed by atoms with E-state index in [4.69, 9.17) is 17.3 Å². The predicted octanol–water partition coefficient (Wildman–Crippen LogP) is 5.36. The Balaban J connectivity index is 2.01. The average Bonchev–Trinajstić information content (AvgIpc) is 2.64. The van der Waals surface area contributed by atoms with Crippen LogP contribution in [0.2, 0.25) is 5.02 Å². The van der Waals surface area contributed by atoms with Crippen molar-refractivity contribution in [3.05, 3.63) is 70.4 Å². The second-order valence-electron chi connectivity index (χ2n) is 5.50. The molecule has 6 heteroatoms. The van der Waals surface area contributed by atoms with Crippen LogP contribution in [0.5, 0.6) is 0 Å². The van der Waals surface area contributed by atoms with Crippen LogP contribution in [0.3, 0.4) is 0 Å². The molecule has 2 aromatic carbocycles. The Bertz CT molecular complexity index is 1080. The zero-order valence-corrected chi connectivity index (χ0v) is 15.3. The molecule has 0 radical (unpaired) electrons. The van der Waals surface area contributed by atoms with Crippen molar-refractivity contribution in [3.63, 3.8) is 0 Å². The Morgan fingerprint density at radius 2 is 1.64 bits per heavy atom. The minimum atomic E-state index is 0.344. The fourth-order valence-electron chi connectivity index (χ4n) is 2.71. The molecule has 0 spiro atoms. The lowest BCUT2D eigenvalue weighted by molar-refractivity contribution is 1.18. The van der Waals surface area contributed by atoms with Gasteiger partial charge in [0.15, 0.2) is 5.82 Å². The summed E-state index contributed by atoms with van der Waals surface area (Å²) < 4.78 is 0.504. The maximum absolute atomic E-state index is 6.43. The van der Waals surface area contributed by atoms with Gasteiger partial charge in [-0.2, -0.15) is 0 Å². The van der Waals surface area contributed by atoms with Crippen molar-refractivity contribution in [1.29, 1.82) is 0 Å². The maximum Gasteiger partial charge on any atom is 0.157 e. The Morgan fingerprint density at radius 3 is 2.44 bits per heavy atom. The molecule has 0 bridgehead atoms. The molecule has 0 fully saturated rings. The van der Waals surface area contributed by atoms with E-state index in [1.165, 1.54) is 0 Å². The van der Waals surface area contributed by atoms with Gasteiger partial charge in [0.1, 0.15) is 4.60 Å². The van der Waals surface area contributed by atoms with Crippen molar-refractivity contribution in [3.8, 4) is 22.5 Å². The molecule has 0 saturated carbocycles. The highest BCUT2D eigenvalue weighted by Crippen LogP contribution is 2.35. The standard InChI is InChI=1S/C19H12BrClN4/c20-18-19(22)25-16(11-5-2-1-3-6-11)17(24-18)13-9-12-7-4-8-23-15(12)14(21)10-13/h1-10H,(H2,22,25). The molecule has 2 heterocycles. The highest BCUT2D eigenvalue weighted by molar-refractivity contribution is 9.10. The summed E-state index contributed by atoms with van der Waals surface area (Å²) in [5, 5.41) is 1.51. The van der Waals surface area contributed by atoms with E-state index in [0.29, 0.717) is 26.8 Å². The van der Waals surface area contributed by atoms with Crippen LogP contribution < -0.4 is 5.73 Å². The van der Waals surface area contributed by atoms with Gasteiger partial charge in [-0.05, 0) is 34.1 Å². The van der Waals surface area contributed by atoms with Gasteiger partial charge in [-0.15, -0.1) is 0 Å². The lowest BCUT2D eigenvalue weighted by Crippen LogP contribution is -2.00.